The van der Waals surface area contributed by atoms with E-state index in [-0.39, 0.29) is 12.0 Å². The number of hydrogen-bond acceptors (Lipinski definition) is 4. The van der Waals surface area contributed by atoms with Gasteiger partial charge in [0.1, 0.15) is 0 Å². The van der Waals surface area contributed by atoms with Crippen molar-refractivity contribution in [3.05, 3.63) is 30.1 Å². The third-order valence-electron chi connectivity index (χ3n) is 3.60. The number of carbonyl (C=O) groups excluding carboxylic acids is 1. The summed E-state index contributed by atoms with van der Waals surface area (Å²) < 4.78 is 5.94. The van der Waals surface area contributed by atoms with Crippen LogP contribution in [0.3, 0.4) is 0 Å². The molecule has 0 N–H and O–H groups in total. The van der Waals surface area contributed by atoms with Crippen LogP contribution in [0, 0.1) is 0 Å². The Morgan fingerprint density at radius 3 is 3.24 bits per heavy atom. The fourth-order valence-corrected chi connectivity index (χ4v) is 3.07. The molecule has 1 saturated heterocycles. The van der Waals surface area contributed by atoms with E-state index in [9.17, 15) is 4.79 Å². The lowest BCUT2D eigenvalue weighted by molar-refractivity contribution is -0.135. The standard InChI is InChI=1S/C16H24N2O2S/c1-2-21-10-7-16(19)18-9-4-6-15(12-18)20-13-14-5-3-8-17-11-14/h3,5,8,11,15H,2,4,6-7,9-10,12-13H2,1H3/t15-/m1/s1. The number of carbonyl (C=O) groups is 1. The molecule has 1 aromatic rings. The molecule has 4 nitrogen and oxygen atoms in total. The van der Waals surface area contributed by atoms with Crippen molar-refractivity contribution in [1.82, 2.24) is 9.88 Å². The zero-order valence-corrected chi connectivity index (χ0v) is 13.5. The Morgan fingerprint density at radius 2 is 2.48 bits per heavy atom. The Kier molecular flexibility index (Phi) is 7.03. The van der Waals surface area contributed by atoms with E-state index in [1.54, 1.807) is 6.20 Å². The molecule has 1 aliphatic rings. The highest BCUT2D eigenvalue weighted by molar-refractivity contribution is 7.99. The average Bonchev–Trinajstić information content (AvgIpc) is 2.54. The highest BCUT2D eigenvalue weighted by Crippen LogP contribution is 2.16. The summed E-state index contributed by atoms with van der Waals surface area (Å²) >= 11 is 1.82. The van der Waals surface area contributed by atoms with E-state index in [0.717, 1.165) is 43.0 Å². The Bertz CT molecular complexity index is 428. The van der Waals surface area contributed by atoms with Crippen LogP contribution in [0.15, 0.2) is 24.5 Å². The smallest absolute Gasteiger partial charge is 0.223 e. The zero-order valence-electron chi connectivity index (χ0n) is 12.7. The lowest BCUT2D eigenvalue weighted by atomic mass is 10.1. The lowest BCUT2D eigenvalue weighted by Gasteiger charge is -2.32. The first-order valence-corrected chi connectivity index (χ1v) is 8.81. The van der Waals surface area contributed by atoms with Crippen molar-refractivity contribution in [3.8, 4) is 0 Å². The summed E-state index contributed by atoms with van der Waals surface area (Å²) in [4.78, 5) is 18.2. The maximum Gasteiger partial charge on any atom is 0.223 e. The number of aromatic nitrogens is 1. The van der Waals surface area contributed by atoms with Gasteiger partial charge in [-0.05, 0) is 30.2 Å². The summed E-state index contributed by atoms with van der Waals surface area (Å²) in [5, 5.41) is 0. The van der Waals surface area contributed by atoms with Gasteiger partial charge in [-0.25, -0.2) is 0 Å². The lowest BCUT2D eigenvalue weighted by Crippen LogP contribution is -2.43. The van der Waals surface area contributed by atoms with Gasteiger partial charge in [0.2, 0.25) is 5.91 Å². The molecule has 0 aromatic carbocycles. The van der Waals surface area contributed by atoms with Crippen LogP contribution < -0.4 is 0 Å². The monoisotopic (exact) mass is 308 g/mol. The molecule has 116 valence electrons. The number of likely N-dealkylation sites (tertiary alicyclic amines) is 1. The van der Waals surface area contributed by atoms with Crippen LogP contribution in [0.4, 0.5) is 0 Å². The topological polar surface area (TPSA) is 42.4 Å². The molecule has 0 saturated carbocycles. The first-order valence-electron chi connectivity index (χ1n) is 7.65. The van der Waals surface area contributed by atoms with Gasteiger partial charge < -0.3 is 9.64 Å². The van der Waals surface area contributed by atoms with Gasteiger partial charge in [0, 0.05) is 37.7 Å². The summed E-state index contributed by atoms with van der Waals surface area (Å²) in [7, 11) is 0. The van der Waals surface area contributed by atoms with Crippen molar-refractivity contribution in [2.75, 3.05) is 24.6 Å². The number of thioether (sulfide) groups is 1. The van der Waals surface area contributed by atoms with Gasteiger partial charge in [0.15, 0.2) is 0 Å². The van der Waals surface area contributed by atoms with E-state index >= 15 is 0 Å². The predicted molar refractivity (Wildman–Crippen MR) is 86.2 cm³/mol. The number of pyridine rings is 1. The molecule has 0 unspecified atom stereocenters. The molecule has 1 fully saturated rings. The molecule has 0 radical (unpaired) electrons. The van der Waals surface area contributed by atoms with Crippen LogP contribution in [0.1, 0.15) is 31.7 Å². The second kappa shape index (κ2) is 9.05. The third kappa shape index (κ3) is 5.67. The largest absolute Gasteiger partial charge is 0.372 e. The molecule has 2 heterocycles. The summed E-state index contributed by atoms with van der Waals surface area (Å²) in [6, 6.07) is 3.93. The molecule has 1 amide bonds. The first-order chi connectivity index (χ1) is 10.3. The summed E-state index contributed by atoms with van der Waals surface area (Å²) in [6.45, 7) is 4.31. The van der Waals surface area contributed by atoms with E-state index < -0.39 is 0 Å². The van der Waals surface area contributed by atoms with Gasteiger partial charge in [0.05, 0.1) is 12.7 Å². The second-order valence-electron chi connectivity index (χ2n) is 5.22. The molecule has 1 atom stereocenters. The van der Waals surface area contributed by atoms with Crippen LogP contribution in [0.5, 0.6) is 0 Å². The van der Waals surface area contributed by atoms with Crippen molar-refractivity contribution in [3.63, 3.8) is 0 Å². The number of hydrogen-bond donors (Lipinski definition) is 0. The van der Waals surface area contributed by atoms with Gasteiger partial charge in [-0.3, -0.25) is 9.78 Å². The van der Waals surface area contributed by atoms with E-state index in [1.807, 2.05) is 35.0 Å². The fraction of sp³-hybridized carbons (Fsp3) is 0.625. The van der Waals surface area contributed by atoms with Crippen LogP contribution in [0.25, 0.3) is 0 Å². The Labute approximate surface area is 131 Å². The normalized spacial score (nSPS) is 18.7. The molecule has 5 heteroatoms. The van der Waals surface area contributed by atoms with E-state index in [0.29, 0.717) is 13.0 Å². The zero-order chi connectivity index (χ0) is 14.9. The molecule has 0 aliphatic carbocycles. The summed E-state index contributed by atoms with van der Waals surface area (Å²) in [5.41, 5.74) is 1.08. The highest BCUT2D eigenvalue weighted by Gasteiger charge is 2.23. The molecule has 1 aliphatic heterocycles. The van der Waals surface area contributed by atoms with Crippen LogP contribution >= 0.6 is 11.8 Å². The number of amides is 1. The number of nitrogens with zero attached hydrogens (tertiary/aromatic N) is 2. The van der Waals surface area contributed by atoms with Crippen LogP contribution in [0.2, 0.25) is 0 Å². The number of piperidine rings is 1. The maximum atomic E-state index is 12.1. The summed E-state index contributed by atoms with van der Waals surface area (Å²) in [5.74, 6) is 2.27. The minimum atomic E-state index is 0.154. The Balaban J connectivity index is 1.74. The SMILES string of the molecule is CCSCCC(=O)N1CCC[C@@H](OCc2cccnc2)C1. The summed E-state index contributed by atoms with van der Waals surface area (Å²) in [6.07, 6.45) is 6.46. The quantitative estimate of drug-likeness (QED) is 0.726. The number of ether oxygens (including phenoxy) is 1. The van der Waals surface area contributed by atoms with Gasteiger partial charge in [-0.2, -0.15) is 11.8 Å². The number of rotatable bonds is 7. The van der Waals surface area contributed by atoms with Gasteiger partial charge in [-0.1, -0.05) is 13.0 Å². The van der Waals surface area contributed by atoms with Gasteiger partial charge in [0.25, 0.3) is 0 Å². The van der Waals surface area contributed by atoms with Crippen LogP contribution in [-0.4, -0.2) is 46.5 Å². The maximum absolute atomic E-state index is 12.1. The molecule has 0 spiro atoms. The van der Waals surface area contributed by atoms with Crippen molar-refractivity contribution < 1.29 is 9.53 Å². The molecule has 2 rings (SSSR count). The fourth-order valence-electron chi connectivity index (χ4n) is 2.46. The minimum Gasteiger partial charge on any atom is -0.372 e. The Morgan fingerprint density at radius 1 is 1.57 bits per heavy atom. The van der Waals surface area contributed by atoms with Crippen molar-refractivity contribution in [2.24, 2.45) is 0 Å². The first kappa shape index (κ1) is 16.3. The molecule has 21 heavy (non-hydrogen) atoms. The molecular formula is C16H24N2O2S. The Hall–Kier alpha value is -1.07. The molecular weight excluding hydrogens is 284 g/mol. The van der Waals surface area contributed by atoms with Crippen molar-refractivity contribution in [1.29, 1.82) is 0 Å². The van der Waals surface area contributed by atoms with E-state index in [2.05, 4.69) is 11.9 Å². The van der Waals surface area contributed by atoms with Crippen LogP contribution in [-0.2, 0) is 16.1 Å². The van der Waals surface area contributed by atoms with E-state index in [4.69, 9.17) is 4.74 Å². The van der Waals surface area contributed by atoms with E-state index in [1.165, 1.54) is 0 Å². The minimum absolute atomic E-state index is 0.154. The van der Waals surface area contributed by atoms with Crippen molar-refractivity contribution >= 4 is 17.7 Å². The molecule has 0 bridgehead atoms. The van der Waals surface area contributed by atoms with Gasteiger partial charge >= 0.3 is 0 Å². The van der Waals surface area contributed by atoms with Crippen molar-refractivity contribution in [2.45, 2.75) is 38.9 Å². The predicted octanol–water partition coefficient (Wildman–Crippen LogP) is 2.73. The molecule has 1 aromatic heterocycles. The second-order valence-corrected chi connectivity index (χ2v) is 6.62. The van der Waals surface area contributed by atoms with Gasteiger partial charge in [-0.15, -0.1) is 0 Å². The average molecular weight is 308 g/mol. The third-order valence-corrected chi connectivity index (χ3v) is 4.50. The highest BCUT2D eigenvalue weighted by atomic mass is 32.2.